The van der Waals surface area contributed by atoms with Gasteiger partial charge in [-0.1, -0.05) is 94.7 Å². The monoisotopic (exact) mass is 333 g/mol. The van der Waals surface area contributed by atoms with Gasteiger partial charge in [0.15, 0.2) is 0 Å². The van der Waals surface area contributed by atoms with Gasteiger partial charge in [-0.15, -0.1) is 0 Å². The fourth-order valence-electron chi connectivity index (χ4n) is 4.86. The SMILES string of the molecule is CC1(c2cccc3c2[nH]c2ccccc23)CCCCCCCCCC1. The van der Waals surface area contributed by atoms with Crippen molar-refractivity contribution >= 4 is 21.8 Å². The number of rotatable bonds is 1. The molecule has 0 radical (unpaired) electrons. The summed E-state index contributed by atoms with van der Waals surface area (Å²) in [6.07, 6.45) is 13.9. The van der Waals surface area contributed by atoms with E-state index in [1.165, 1.54) is 86.0 Å². The van der Waals surface area contributed by atoms with Gasteiger partial charge in [-0.2, -0.15) is 0 Å². The molecule has 1 saturated carbocycles. The molecule has 0 aliphatic heterocycles. The van der Waals surface area contributed by atoms with Gasteiger partial charge < -0.3 is 4.98 Å². The fraction of sp³-hybridized carbons (Fsp3) is 0.500. The van der Waals surface area contributed by atoms with Crippen LogP contribution in [0.4, 0.5) is 0 Å². The maximum Gasteiger partial charge on any atom is 0.0503 e. The Morgan fingerprint density at radius 3 is 2.00 bits per heavy atom. The van der Waals surface area contributed by atoms with Crippen LogP contribution in [0.1, 0.15) is 76.7 Å². The minimum Gasteiger partial charge on any atom is -0.354 e. The molecule has 1 heterocycles. The maximum absolute atomic E-state index is 3.75. The van der Waals surface area contributed by atoms with E-state index in [1.54, 1.807) is 5.56 Å². The van der Waals surface area contributed by atoms with E-state index in [0.29, 0.717) is 5.41 Å². The van der Waals surface area contributed by atoms with Crippen LogP contribution in [0.2, 0.25) is 0 Å². The van der Waals surface area contributed by atoms with E-state index < -0.39 is 0 Å². The lowest BCUT2D eigenvalue weighted by atomic mass is 9.73. The number of H-pyrrole nitrogens is 1. The molecule has 2 aromatic carbocycles. The van der Waals surface area contributed by atoms with E-state index in [4.69, 9.17) is 0 Å². The molecule has 1 aliphatic rings. The summed E-state index contributed by atoms with van der Waals surface area (Å²) in [5.74, 6) is 0. The molecule has 0 saturated heterocycles. The lowest BCUT2D eigenvalue weighted by molar-refractivity contribution is 0.372. The van der Waals surface area contributed by atoms with Crippen molar-refractivity contribution in [1.29, 1.82) is 0 Å². The number of hydrogen-bond acceptors (Lipinski definition) is 0. The molecule has 1 aromatic heterocycles. The Kier molecular flexibility index (Phi) is 4.83. The second-order valence-corrected chi connectivity index (χ2v) is 8.29. The van der Waals surface area contributed by atoms with Crippen LogP contribution in [0.5, 0.6) is 0 Å². The third kappa shape index (κ3) is 3.34. The van der Waals surface area contributed by atoms with Crippen LogP contribution in [0.25, 0.3) is 21.8 Å². The Morgan fingerprint density at radius 2 is 1.28 bits per heavy atom. The minimum atomic E-state index is 0.296. The van der Waals surface area contributed by atoms with E-state index in [2.05, 4.69) is 54.4 Å². The number of hydrogen-bond donors (Lipinski definition) is 1. The van der Waals surface area contributed by atoms with E-state index >= 15 is 0 Å². The molecule has 0 atom stereocenters. The van der Waals surface area contributed by atoms with Crippen LogP contribution in [0.15, 0.2) is 42.5 Å². The number of fused-ring (bicyclic) bond motifs is 3. The zero-order valence-electron chi connectivity index (χ0n) is 15.6. The summed E-state index contributed by atoms with van der Waals surface area (Å²) in [6, 6.07) is 15.7. The van der Waals surface area contributed by atoms with E-state index in [1.807, 2.05) is 0 Å². The van der Waals surface area contributed by atoms with Crippen molar-refractivity contribution in [3.63, 3.8) is 0 Å². The van der Waals surface area contributed by atoms with Gasteiger partial charge in [-0.25, -0.2) is 0 Å². The highest BCUT2D eigenvalue weighted by Crippen LogP contribution is 2.40. The lowest BCUT2D eigenvalue weighted by Crippen LogP contribution is -2.22. The molecule has 0 spiro atoms. The summed E-state index contributed by atoms with van der Waals surface area (Å²) in [5, 5.41) is 2.75. The molecular formula is C24H31N. The van der Waals surface area contributed by atoms with E-state index in [-0.39, 0.29) is 0 Å². The molecule has 1 N–H and O–H groups in total. The first-order chi connectivity index (χ1) is 12.3. The fourth-order valence-corrected chi connectivity index (χ4v) is 4.86. The largest absolute Gasteiger partial charge is 0.354 e. The Bertz CT molecular complexity index is 830. The third-order valence-electron chi connectivity index (χ3n) is 6.40. The van der Waals surface area contributed by atoms with Crippen LogP contribution >= 0.6 is 0 Å². The third-order valence-corrected chi connectivity index (χ3v) is 6.40. The number of nitrogens with one attached hydrogen (secondary N) is 1. The van der Waals surface area contributed by atoms with Gasteiger partial charge in [0.25, 0.3) is 0 Å². The van der Waals surface area contributed by atoms with Crippen molar-refractivity contribution in [1.82, 2.24) is 4.98 Å². The zero-order valence-corrected chi connectivity index (χ0v) is 15.6. The smallest absolute Gasteiger partial charge is 0.0503 e. The van der Waals surface area contributed by atoms with Crippen LogP contribution in [-0.4, -0.2) is 4.98 Å². The van der Waals surface area contributed by atoms with Crippen molar-refractivity contribution in [3.8, 4) is 0 Å². The molecule has 25 heavy (non-hydrogen) atoms. The van der Waals surface area contributed by atoms with Gasteiger partial charge in [0.2, 0.25) is 0 Å². The Hall–Kier alpha value is -1.76. The first kappa shape index (κ1) is 16.7. The standard InChI is InChI=1S/C24H31N/c1-24(17-10-6-4-2-3-5-7-11-18-24)21-15-12-14-20-19-13-8-9-16-22(19)25-23(20)21/h8-9,12-16,25H,2-7,10-11,17-18H2,1H3. The molecular weight excluding hydrogens is 302 g/mol. The van der Waals surface area contributed by atoms with Gasteiger partial charge in [-0.05, 0) is 29.9 Å². The van der Waals surface area contributed by atoms with Crippen molar-refractivity contribution in [2.75, 3.05) is 0 Å². The highest BCUT2D eigenvalue weighted by molar-refractivity contribution is 6.08. The second kappa shape index (κ2) is 7.23. The summed E-state index contributed by atoms with van der Waals surface area (Å²) in [7, 11) is 0. The van der Waals surface area contributed by atoms with Gasteiger partial charge in [0, 0.05) is 16.3 Å². The predicted molar refractivity (Wildman–Crippen MR) is 109 cm³/mol. The number of aromatic nitrogens is 1. The molecule has 1 heteroatoms. The Labute approximate surface area is 151 Å². The molecule has 0 bridgehead atoms. The first-order valence-electron chi connectivity index (χ1n) is 10.3. The maximum atomic E-state index is 3.75. The molecule has 0 unspecified atom stereocenters. The van der Waals surface area contributed by atoms with Crippen molar-refractivity contribution in [2.45, 2.75) is 76.5 Å². The van der Waals surface area contributed by atoms with Crippen molar-refractivity contribution in [2.24, 2.45) is 0 Å². The minimum absolute atomic E-state index is 0.296. The quantitative estimate of drug-likeness (QED) is 0.474. The van der Waals surface area contributed by atoms with E-state index in [0.717, 1.165) is 0 Å². The highest BCUT2D eigenvalue weighted by atomic mass is 14.7. The molecule has 4 rings (SSSR count). The molecule has 0 amide bonds. The van der Waals surface area contributed by atoms with Gasteiger partial charge in [0.1, 0.15) is 0 Å². The van der Waals surface area contributed by atoms with E-state index in [9.17, 15) is 0 Å². The summed E-state index contributed by atoms with van der Waals surface area (Å²) >= 11 is 0. The zero-order chi connectivity index (χ0) is 17.1. The highest BCUT2D eigenvalue weighted by Gasteiger charge is 2.28. The summed E-state index contributed by atoms with van der Waals surface area (Å²) in [5.41, 5.74) is 4.48. The molecule has 3 aromatic rings. The van der Waals surface area contributed by atoms with Crippen LogP contribution in [0, 0.1) is 0 Å². The molecule has 1 aliphatic carbocycles. The predicted octanol–water partition coefficient (Wildman–Crippen LogP) is 7.49. The molecule has 1 fully saturated rings. The number of para-hydroxylation sites is 2. The normalized spacial score (nSPS) is 19.7. The average molecular weight is 334 g/mol. The van der Waals surface area contributed by atoms with Gasteiger partial charge >= 0.3 is 0 Å². The topological polar surface area (TPSA) is 15.8 Å². The Morgan fingerprint density at radius 1 is 0.680 bits per heavy atom. The number of aromatic amines is 1. The Balaban J connectivity index is 1.76. The van der Waals surface area contributed by atoms with Crippen LogP contribution < -0.4 is 0 Å². The molecule has 132 valence electrons. The summed E-state index contributed by atoms with van der Waals surface area (Å²) in [6.45, 7) is 2.52. The first-order valence-corrected chi connectivity index (χ1v) is 10.3. The van der Waals surface area contributed by atoms with Crippen LogP contribution in [0.3, 0.4) is 0 Å². The lowest BCUT2D eigenvalue weighted by Gasteiger charge is -2.31. The summed E-state index contributed by atoms with van der Waals surface area (Å²) in [4.78, 5) is 3.75. The number of benzene rings is 2. The van der Waals surface area contributed by atoms with Gasteiger partial charge in [-0.3, -0.25) is 0 Å². The van der Waals surface area contributed by atoms with Gasteiger partial charge in [0.05, 0.1) is 5.52 Å². The molecule has 1 nitrogen and oxygen atoms in total. The second-order valence-electron chi connectivity index (χ2n) is 8.29. The summed E-state index contributed by atoms with van der Waals surface area (Å²) < 4.78 is 0. The van der Waals surface area contributed by atoms with Crippen molar-refractivity contribution < 1.29 is 0 Å². The average Bonchev–Trinajstić information content (AvgIpc) is 2.99. The van der Waals surface area contributed by atoms with Crippen LogP contribution in [-0.2, 0) is 5.41 Å². The van der Waals surface area contributed by atoms with Crippen molar-refractivity contribution in [3.05, 3.63) is 48.0 Å².